The Bertz CT molecular complexity index is 719. The zero-order valence-electron chi connectivity index (χ0n) is 15.1. The van der Waals surface area contributed by atoms with Crippen molar-refractivity contribution < 1.29 is 14.3 Å². The Hall–Kier alpha value is -1.66. The van der Waals surface area contributed by atoms with Crippen LogP contribution in [-0.4, -0.2) is 43.0 Å². The molecule has 1 aliphatic heterocycles. The first kappa shape index (κ1) is 17.7. The van der Waals surface area contributed by atoms with E-state index in [-0.39, 0.29) is 17.7 Å². The van der Waals surface area contributed by atoms with Gasteiger partial charge in [0.2, 0.25) is 5.91 Å². The Morgan fingerprint density at radius 2 is 1.96 bits per heavy atom. The molecule has 0 aromatic carbocycles. The van der Waals surface area contributed by atoms with Crippen molar-refractivity contribution in [1.82, 2.24) is 4.90 Å². The summed E-state index contributed by atoms with van der Waals surface area (Å²) in [6.07, 6.45) is 11.1. The van der Waals surface area contributed by atoms with E-state index in [1.807, 2.05) is 4.90 Å². The monoisotopic (exact) mass is 374 g/mol. The lowest BCUT2D eigenvalue weighted by Crippen LogP contribution is -2.41. The number of anilines is 1. The van der Waals surface area contributed by atoms with Crippen LogP contribution in [0.1, 0.15) is 52.9 Å². The summed E-state index contributed by atoms with van der Waals surface area (Å²) in [6.45, 7) is 2.44. The molecule has 0 bridgehead atoms. The number of hydrogen-bond donors (Lipinski definition) is 1. The van der Waals surface area contributed by atoms with Gasteiger partial charge in [-0.3, -0.25) is 9.59 Å². The highest BCUT2D eigenvalue weighted by atomic mass is 32.1. The Morgan fingerprint density at radius 3 is 2.73 bits per heavy atom. The predicted octanol–water partition coefficient (Wildman–Crippen LogP) is 3.39. The molecule has 4 rings (SSSR count). The molecule has 1 aromatic rings. The highest BCUT2D eigenvalue weighted by Crippen LogP contribution is 2.39. The third-order valence-electron chi connectivity index (χ3n) is 5.56. The van der Waals surface area contributed by atoms with Gasteiger partial charge in [0.25, 0.3) is 5.91 Å². The number of nitrogens with zero attached hydrogens (tertiary/aromatic N) is 1. The van der Waals surface area contributed by atoms with Crippen LogP contribution in [0.15, 0.2) is 12.2 Å². The van der Waals surface area contributed by atoms with Gasteiger partial charge in [-0.1, -0.05) is 12.2 Å². The summed E-state index contributed by atoms with van der Waals surface area (Å²) >= 11 is 1.62. The van der Waals surface area contributed by atoms with E-state index < -0.39 is 0 Å². The van der Waals surface area contributed by atoms with Crippen molar-refractivity contribution in [2.24, 2.45) is 5.92 Å². The van der Waals surface area contributed by atoms with Gasteiger partial charge >= 0.3 is 0 Å². The summed E-state index contributed by atoms with van der Waals surface area (Å²) in [7, 11) is 0. The lowest BCUT2D eigenvalue weighted by atomic mass is 9.93. The van der Waals surface area contributed by atoms with Crippen LogP contribution in [0.3, 0.4) is 0 Å². The van der Waals surface area contributed by atoms with Gasteiger partial charge in [-0.2, -0.15) is 0 Å². The second-order valence-corrected chi connectivity index (χ2v) is 8.40. The van der Waals surface area contributed by atoms with Crippen molar-refractivity contribution in [2.75, 3.05) is 31.6 Å². The maximum atomic E-state index is 13.2. The summed E-state index contributed by atoms with van der Waals surface area (Å²) in [5.41, 5.74) is 1.93. The molecule has 1 saturated heterocycles. The Kier molecular flexibility index (Phi) is 5.41. The fourth-order valence-corrected chi connectivity index (χ4v) is 5.33. The number of carbonyl (C=O) groups excluding carboxylic acids is 2. The molecule has 1 aromatic heterocycles. The molecule has 2 heterocycles. The highest BCUT2D eigenvalue weighted by molar-refractivity contribution is 7.17. The zero-order valence-corrected chi connectivity index (χ0v) is 15.9. The fourth-order valence-electron chi connectivity index (χ4n) is 4.05. The van der Waals surface area contributed by atoms with E-state index in [2.05, 4.69) is 17.5 Å². The Morgan fingerprint density at radius 1 is 1.15 bits per heavy atom. The average Bonchev–Trinajstić information content (AvgIpc) is 3.06. The Balaban J connectivity index is 1.60. The van der Waals surface area contributed by atoms with Crippen LogP contribution in [0, 0.1) is 5.92 Å². The average molecular weight is 375 g/mol. The van der Waals surface area contributed by atoms with Crippen molar-refractivity contribution in [3.05, 3.63) is 28.2 Å². The van der Waals surface area contributed by atoms with Crippen LogP contribution >= 0.6 is 11.3 Å². The SMILES string of the molecule is O=C(Nc1sc2c(c1C(=O)N1CCOCC1)CCCC2)[C@@H]1CC=CCC1. The van der Waals surface area contributed by atoms with Crippen molar-refractivity contribution >= 4 is 28.2 Å². The summed E-state index contributed by atoms with van der Waals surface area (Å²) in [5.74, 6) is 0.140. The number of nitrogens with one attached hydrogen (secondary N) is 1. The predicted molar refractivity (Wildman–Crippen MR) is 103 cm³/mol. The number of aryl methyl sites for hydroxylation is 1. The molecule has 2 amide bonds. The number of ether oxygens (including phenoxy) is 1. The molecule has 2 aliphatic carbocycles. The molecule has 3 aliphatic rings. The quantitative estimate of drug-likeness (QED) is 0.825. The molecule has 0 saturated carbocycles. The fraction of sp³-hybridized carbons (Fsp3) is 0.600. The van der Waals surface area contributed by atoms with E-state index in [4.69, 9.17) is 4.74 Å². The van der Waals surface area contributed by atoms with Gasteiger partial charge in [-0.15, -0.1) is 11.3 Å². The number of rotatable bonds is 3. The second kappa shape index (κ2) is 7.92. The van der Waals surface area contributed by atoms with E-state index in [1.54, 1.807) is 11.3 Å². The number of morpholine rings is 1. The number of fused-ring (bicyclic) bond motifs is 1. The normalized spacial score (nSPS) is 22.8. The van der Waals surface area contributed by atoms with Gasteiger partial charge in [-0.25, -0.2) is 0 Å². The summed E-state index contributed by atoms with van der Waals surface area (Å²) in [5, 5.41) is 3.90. The number of hydrogen-bond acceptors (Lipinski definition) is 4. The lowest BCUT2D eigenvalue weighted by Gasteiger charge is -2.28. The molecular weight excluding hydrogens is 348 g/mol. The molecule has 1 atom stereocenters. The molecule has 1 N–H and O–H groups in total. The minimum absolute atomic E-state index is 0.0190. The first-order valence-electron chi connectivity index (χ1n) is 9.71. The third-order valence-corrected chi connectivity index (χ3v) is 6.77. The van der Waals surface area contributed by atoms with Crippen molar-refractivity contribution in [3.8, 4) is 0 Å². The smallest absolute Gasteiger partial charge is 0.257 e. The van der Waals surface area contributed by atoms with E-state index in [1.165, 1.54) is 16.9 Å². The van der Waals surface area contributed by atoms with E-state index in [0.29, 0.717) is 26.3 Å². The number of allylic oxidation sites excluding steroid dienone is 2. The molecule has 0 unspecified atom stereocenters. The molecule has 1 fully saturated rings. The first-order chi connectivity index (χ1) is 12.7. The topological polar surface area (TPSA) is 58.6 Å². The standard InChI is InChI=1S/C20H26N2O3S/c23-18(14-6-2-1-3-7-14)21-19-17(15-8-4-5-9-16(15)26-19)20(24)22-10-12-25-13-11-22/h1-2,14H,3-13H2,(H,21,23)/t14-/m1/s1. The third kappa shape index (κ3) is 3.58. The largest absolute Gasteiger partial charge is 0.378 e. The molecule has 26 heavy (non-hydrogen) atoms. The van der Waals surface area contributed by atoms with E-state index >= 15 is 0 Å². The van der Waals surface area contributed by atoms with Gasteiger partial charge < -0.3 is 15.0 Å². The number of thiophene rings is 1. The summed E-state index contributed by atoms with van der Waals surface area (Å²) in [4.78, 5) is 29.1. The molecule has 6 heteroatoms. The maximum Gasteiger partial charge on any atom is 0.257 e. The zero-order chi connectivity index (χ0) is 17.9. The van der Waals surface area contributed by atoms with Crippen LogP contribution in [0.2, 0.25) is 0 Å². The van der Waals surface area contributed by atoms with E-state index in [0.717, 1.165) is 49.1 Å². The first-order valence-corrected chi connectivity index (χ1v) is 10.5. The maximum absolute atomic E-state index is 13.2. The van der Waals surface area contributed by atoms with Crippen LogP contribution in [0.25, 0.3) is 0 Å². The molecule has 0 radical (unpaired) electrons. The molecular formula is C20H26N2O3S. The van der Waals surface area contributed by atoms with Gasteiger partial charge in [-0.05, 0) is 50.5 Å². The minimum Gasteiger partial charge on any atom is -0.378 e. The number of amides is 2. The van der Waals surface area contributed by atoms with Gasteiger partial charge in [0.05, 0.1) is 18.8 Å². The Labute approximate surface area is 158 Å². The van der Waals surface area contributed by atoms with Gasteiger partial charge in [0, 0.05) is 23.9 Å². The van der Waals surface area contributed by atoms with Crippen LogP contribution in [0.5, 0.6) is 0 Å². The van der Waals surface area contributed by atoms with Crippen molar-refractivity contribution in [2.45, 2.75) is 44.9 Å². The summed E-state index contributed by atoms with van der Waals surface area (Å²) < 4.78 is 5.39. The van der Waals surface area contributed by atoms with Gasteiger partial charge in [0.1, 0.15) is 5.00 Å². The highest BCUT2D eigenvalue weighted by Gasteiger charge is 2.31. The van der Waals surface area contributed by atoms with Crippen LogP contribution in [0.4, 0.5) is 5.00 Å². The molecule has 5 nitrogen and oxygen atoms in total. The molecule has 0 spiro atoms. The lowest BCUT2D eigenvalue weighted by molar-refractivity contribution is -0.120. The van der Waals surface area contributed by atoms with Crippen molar-refractivity contribution in [3.63, 3.8) is 0 Å². The molecule has 140 valence electrons. The van der Waals surface area contributed by atoms with Crippen LogP contribution < -0.4 is 5.32 Å². The minimum atomic E-state index is 0.0190. The van der Waals surface area contributed by atoms with Crippen LogP contribution in [-0.2, 0) is 22.4 Å². The van der Waals surface area contributed by atoms with Crippen molar-refractivity contribution in [1.29, 1.82) is 0 Å². The summed E-state index contributed by atoms with van der Waals surface area (Å²) in [6, 6.07) is 0. The number of carbonyl (C=O) groups is 2. The van der Waals surface area contributed by atoms with E-state index in [9.17, 15) is 9.59 Å². The van der Waals surface area contributed by atoms with Gasteiger partial charge in [0.15, 0.2) is 0 Å². The second-order valence-electron chi connectivity index (χ2n) is 7.29.